The fraction of sp³-hybridized carbons (Fsp3) is 1.00. The summed E-state index contributed by atoms with van der Waals surface area (Å²) in [5.41, 5.74) is 7.40. The summed E-state index contributed by atoms with van der Waals surface area (Å²) in [7, 11) is 0. The summed E-state index contributed by atoms with van der Waals surface area (Å²) in [6, 6.07) is 0. The molecule has 3 nitrogen and oxygen atoms in total. The number of hydrazine groups is 2. The number of halogens is 2. The Bertz CT molecular complexity index is 60.0. The molecule has 1 heterocycles. The second-order valence-electron chi connectivity index (χ2n) is 1.22. The first-order valence-corrected chi connectivity index (χ1v) is 2.72. The fourth-order valence-electron chi connectivity index (χ4n) is 0.326. The monoisotopic (exact) mass is 141 g/mol. The van der Waals surface area contributed by atoms with Crippen molar-refractivity contribution in [3.8, 4) is 0 Å². The van der Waals surface area contributed by atoms with Crippen molar-refractivity contribution >= 4 is 23.2 Å². The van der Waals surface area contributed by atoms with Crippen molar-refractivity contribution < 1.29 is 0 Å². The Morgan fingerprint density at radius 1 is 1.00 bits per heavy atom. The Morgan fingerprint density at radius 3 is 1.57 bits per heavy atom. The van der Waals surface area contributed by atoms with E-state index in [9.17, 15) is 0 Å². The van der Waals surface area contributed by atoms with Gasteiger partial charge in [0.2, 0.25) is 0 Å². The van der Waals surface area contributed by atoms with Crippen molar-refractivity contribution in [3.05, 3.63) is 0 Å². The summed E-state index contributed by atoms with van der Waals surface area (Å²) in [5.74, 6) is 0. The van der Waals surface area contributed by atoms with Gasteiger partial charge in [-0.3, -0.25) is 0 Å². The summed E-state index contributed by atoms with van der Waals surface area (Å²) in [6.07, 6.45) is 0. The highest BCUT2D eigenvalue weighted by molar-refractivity contribution is 6.29. The van der Waals surface area contributed by atoms with Crippen LogP contribution in [0.4, 0.5) is 0 Å². The summed E-state index contributed by atoms with van der Waals surface area (Å²) >= 11 is 11.0. The van der Waals surface area contributed by atoms with Crippen LogP contribution < -0.4 is 16.4 Å². The van der Waals surface area contributed by atoms with E-state index in [0.29, 0.717) is 0 Å². The molecule has 1 fully saturated rings. The SMILES string of the molecule is ClC1NNNC1Cl. The maximum Gasteiger partial charge on any atom is 0.127 e. The topological polar surface area (TPSA) is 36.1 Å². The van der Waals surface area contributed by atoms with E-state index >= 15 is 0 Å². The van der Waals surface area contributed by atoms with Crippen LogP contribution in [0.25, 0.3) is 0 Å². The van der Waals surface area contributed by atoms with Crippen LogP contribution in [0.1, 0.15) is 0 Å². The summed E-state index contributed by atoms with van der Waals surface area (Å²) < 4.78 is 0. The van der Waals surface area contributed by atoms with E-state index in [-0.39, 0.29) is 11.0 Å². The first-order valence-electron chi connectivity index (χ1n) is 1.85. The summed E-state index contributed by atoms with van der Waals surface area (Å²) in [4.78, 5) is 0. The molecule has 1 aliphatic heterocycles. The third-order valence-corrected chi connectivity index (χ3v) is 1.53. The van der Waals surface area contributed by atoms with Gasteiger partial charge in [0.15, 0.2) is 0 Å². The molecular weight excluding hydrogens is 137 g/mol. The largest absolute Gasteiger partial charge is 0.223 e. The van der Waals surface area contributed by atoms with Crippen LogP contribution in [0.5, 0.6) is 0 Å². The molecule has 0 spiro atoms. The predicted molar refractivity (Wildman–Crippen MR) is 28.7 cm³/mol. The fourth-order valence-corrected chi connectivity index (χ4v) is 0.561. The summed E-state index contributed by atoms with van der Waals surface area (Å²) in [6.45, 7) is 0. The number of nitrogens with one attached hydrogen (secondary N) is 3. The Balaban J connectivity index is 2.33. The number of rotatable bonds is 0. The average Bonchev–Trinajstić information content (AvgIpc) is 1.91. The summed E-state index contributed by atoms with van der Waals surface area (Å²) in [5, 5.41) is 0. The van der Waals surface area contributed by atoms with Gasteiger partial charge in [0.05, 0.1) is 0 Å². The van der Waals surface area contributed by atoms with E-state index in [0.717, 1.165) is 0 Å². The lowest BCUT2D eigenvalue weighted by Crippen LogP contribution is -2.31. The minimum Gasteiger partial charge on any atom is -0.223 e. The van der Waals surface area contributed by atoms with Crippen molar-refractivity contribution in [2.24, 2.45) is 0 Å². The first kappa shape index (κ1) is 5.59. The van der Waals surface area contributed by atoms with Gasteiger partial charge in [0.1, 0.15) is 11.0 Å². The molecule has 2 unspecified atom stereocenters. The molecule has 3 N–H and O–H groups in total. The highest BCUT2D eigenvalue weighted by Gasteiger charge is 2.20. The molecule has 0 radical (unpaired) electrons. The van der Waals surface area contributed by atoms with Crippen LogP contribution in [-0.2, 0) is 0 Å². The zero-order chi connectivity index (χ0) is 5.28. The molecule has 1 saturated heterocycles. The minimum absolute atomic E-state index is 0.221. The molecule has 0 bridgehead atoms. The molecule has 0 amide bonds. The molecule has 0 saturated carbocycles. The van der Waals surface area contributed by atoms with Crippen molar-refractivity contribution in [3.63, 3.8) is 0 Å². The normalized spacial score (nSPS) is 42.0. The highest BCUT2D eigenvalue weighted by Crippen LogP contribution is 2.04. The van der Waals surface area contributed by atoms with E-state index in [1.807, 2.05) is 0 Å². The van der Waals surface area contributed by atoms with Gasteiger partial charge < -0.3 is 0 Å². The van der Waals surface area contributed by atoms with Crippen molar-refractivity contribution in [1.82, 2.24) is 16.4 Å². The molecular formula is C2H5Cl2N3. The second-order valence-corrected chi connectivity index (χ2v) is 2.16. The molecule has 0 aromatic carbocycles. The molecule has 7 heavy (non-hydrogen) atoms. The van der Waals surface area contributed by atoms with Gasteiger partial charge >= 0.3 is 0 Å². The van der Waals surface area contributed by atoms with E-state index in [4.69, 9.17) is 23.2 Å². The van der Waals surface area contributed by atoms with E-state index in [1.165, 1.54) is 0 Å². The third-order valence-electron chi connectivity index (χ3n) is 0.677. The predicted octanol–water partition coefficient (Wildman–Crippen LogP) is -0.271. The number of alkyl halides is 2. The van der Waals surface area contributed by atoms with Crippen LogP contribution in [0.3, 0.4) is 0 Å². The molecule has 0 aromatic rings. The minimum atomic E-state index is -0.221. The van der Waals surface area contributed by atoms with Gasteiger partial charge in [0.25, 0.3) is 0 Å². The Morgan fingerprint density at radius 2 is 1.43 bits per heavy atom. The van der Waals surface area contributed by atoms with Crippen LogP contribution in [0.15, 0.2) is 0 Å². The van der Waals surface area contributed by atoms with Gasteiger partial charge in [-0.2, -0.15) is 5.53 Å². The molecule has 0 aromatic heterocycles. The molecule has 2 atom stereocenters. The number of hydrogen-bond donors (Lipinski definition) is 3. The van der Waals surface area contributed by atoms with Crippen LogP contribution >= 0.6 is 23.2 Å². The van der Waals surface area contributed by atoms with Crippen LogP contribution in [0, 0.1) is 0 Å². The zero-order valence-electron chi connectivity index (χ0n) is 3.41. The van der Waals surface area contributed by atoms with E-state index in [2.05, 4.69) is 16.4 Å². The lowest BCUT2D eigenvalue weighted by Gasteiger charge is -1.98. The smallest absolute Gasteiger partial charge is 0.127 e. The lowest BCUT2D eigenvalue weighted by atomic mass is 10.7. The molecule has 5 heteroatoms. The van der Waals surface area contributed by atoms with Gasteiger partial charge in [-0.15, -0.1) is 23.2 Å². The average molecular weight is 142 g/mol. The first-order chi connectivity index (χ1) is 3.30. The van der Waals surface area contributed by atoms with Gasteiger partial charge in [-0.05, 0) is 0 Å². The lowest BCUT2D eigenvalue weighted by molar-refractivity contribution is 0.581. The molecule has 0 aliphatic carbocycles. The maximum atomic E-state index is 5.49. The molecule has 1 rings (SSSR count). The van der Waals surface area contributed by atoms with Gasteiger partial charge in [-0.1, -0.05) is 0 Å². The maximum absolute atomic E-state index is 5.49. The number of hydrogen-bond acceptors (Lipinski definition) is 3. The quantitative estimate of drug-likeness (QED) is 0.322. The van der Waals surface area contributed by atoms with Gasteiger partial charge in [-0.25, -0.2) is 10.9 Å². The van der Waals surface area contributed by atoms with Gasteiger partial charge in [0, 0.05) is 0 Å². The standard InChI is InChI=1S/C2H5Cl2N3/c3-1-2(4)6-7-5-1/h1-2,5-7H. The van der Waals surface area contributed by atoms with Crippen LogP contribution in [-0.4, -0.2) is 11.0 Å². The van der Waals surface area contributed by atoms with E-state index < -0.39 is 0 Å². The van der Waals surface area contributed by atoms with Crippen molar-refractivity contribution in [2.75, 3.05) is 0 Å². The Labute approximate surface area is 51.3 Å². The highest BCUT2D eigenvalue weighted by atomic mass is 35.5. The molecule has 42 valence electrons. The Kier molecular flexibility index (Phi) is 1.72. The third kappa shape index (κ3) is 1.17. The van der Waals surface area contributed by atoms with Crippen LogP contribution in [0.2, 0.25) is 0 Å². The Hall–Kier alpha value is 0.460. The second kappa shape index (κ2) is 2.15. The zero-order valence-corrected chi connectivity index (χ0v) is 4.92. The van der Waals surface area contributed by atoms with Crippen molar-refractivity contribution in [1.29, 1.82) is 0 Å². The van der Waals surface area contributed by atoms with E-state index in [1.54, 1.807) is 0 Å². The van der Waals surface area contributed by atoms with Crippen molar-refractivity contribution in [2.45, 2.75) is 11.0 Å². The molecule has 1 aliphatic rings.